The van der Waals surface area contributed by atoms with Crippen LogP contribution in [0, 0.1) is 18.6 Å². The largest absolute Gasteiger partial charge is 0.309 e. The summed E-state index contributed by atoms with van der Waals surface area (Å²) in [7, 11) is 0. The van der Waals surface area contributed by atoms with Gasteiger partial charge in [0.25, 0.3) is 0 Å². The van der Waals surface area contributed by atoms with Gasteiger partial charge < -0.3 is 9.13 Å². The molecule has 10 aromatic carbocycles. The maximum atomic E-state index is 17.3. The van der Waals surface area contributed by atoms with Crippen LogP contribution in [0.5, 0.6) is 0 Å². The van der Waals surface area contributed by atoms with E-state index in [9.17, 15) is 0 Å². The molecule has 16 aromatic rings. The smallest absolute Gasteiger partial charge is 0.134 e. The second kappa shape index (κ2) is 22.0. The molecule has 0 fully saturated rings. The molecule has 16 rings (SSSR count). The van der Waals surface area contributed by atoms with Gasteiger partial charge in [0.15, 0.2) is 0 Å². The van der Waals surface area contributed by atoms with Crippen LogP contribution in [0.1, 0.15) is 5.56 Å². The molecule has 6 heterocycles. The molecule has 0 aliphatic carbocycles. The first-order valence-corrected chi connectivity index (χ1v) is 29.7. The summed E-state index contributed by atoms with van der Waals surface area (Å²) in [5.74, 6) is -1.37. The summed E-state index contributed by atoms with van der Waals surface area (Å²) < 4.78 is 39.0. The monoisotopic (exact) mass is 1150 g/mol. The van der Waals surface area contributed by atoms with Crippen molar-refractivity contribution in [1.29, 1.82) is 0 Å². The van der Waals surface area contributed by atoms with Gasteiger partial charge in [-0.2, -0.15) is 0 Å². The highest BCUT2D eigenvalue weighted by molar-refractivity contribution is 6.13. The van der Waals surface area contributed by atoms with Gasteiger partial charge in [0.2, 0.25) is 0 Å². The molecule has 8 heteroatoms. The molecule has 0 bridgehead atoms. The van der Waals surface area contributed by atoms with Gasteiger partial charge in [-0.1, -0.05) is 200 Å². The van der Waals surface area contributed by atoms with Gasteiger partial charge in [0.05, 0.1) is 78.9 Å². The van der Waals surface area contributed by atoms with E-state index in [4.69, 9.17) is 19.9 Å². The second-order valence-electron chi connectivity index (χ2n) is 22.4. The van der Waals surface area contributed by atoms with Gasteiger partial charge in [-0.25, -0.2) is 28.7 Å². The zero-order valence-electron chi connectivity index (χ0n) is 48.2. The molecule has 0 amide bonds. The molecule has 89 heavy (non-hydrogen) atoms. The van der Waals surface area contributed by atoms with Crippen LogP contribution in [0.2, 0.25) is 0 Å². The first-order chi connectivity index (χ1) is 43.8. The maximum absolute atomic E-state index is 17.3. The first-order valence-electron chi connectivity index (χ1n) is 29.7. The van der Waals surface area contributed by atoms with Crippen LogP contribution in [0.4, 0.5) is 8.78 Å². The van der Waals surface area contributed by atoms with E-state index in [1.165, 1.54) is 18.2 Å². The predicted octanol–water partition coefficient (Wildman–Crippen LogP) is 21.1. The summed E-state index contributed by atoms with van der Waals surface area (Å²) in [5, 5.41) is 3.92. The minimum absolute atomic E-state index is 0.147. The SMILES string of the molecule is Cc1cc(-n2c3cc(-c4cccc(-c5ccccc5)n4)ccc3c3ccc(-c4cccc(-c5ccccc5)n4)cc32)c(-c2c(F)cccc2F)cc1-n1c2cc(-c3cccc(-c4ccccc4)n3)ccc2c2ccc(-c3cccc(-c4ccccc4)n3)cc21. The lowest BCUT2D eigenvalue weighted by Crippen LogP contribution is -2.05. The van der Waals surface area contributed by atoms with Gasteiger partial charge in [-0.15, -0.1) is 0 Å². The average Bonchev–Trinajstić information content (AvgIpc) is 1.64. The number of pyridine rings is 4. The molecule has 0 radical (unpaired) electrons. The Labute approximate surface area is 512 Å². The molecule has 0 saturated carbocycles. The van der Waals surface area contributed by atoms with Crippen molar-refractivity contribution in [3.8, 4) is 113 Å². The average molecular weight is 1150 g/mol. The number of benzene rings is 10. The fourth-order valence-corrected chi connectivity index (χ4v) is 12.7. The van der Waals surface area contributed by atoms with Gasteiger partial charge in [-0.05, 0) is 110 Å². The maximum Gasteiger partial charge on any atom is 0.134 e. The van der Waals surface area contributed by atoms with Crippen molar-refractivity contribution in [1.82, 2.24) is 29.1 Å². The Hall–Kier alpha value is -11.7. The van der Waals surface area contributed by atoms with Crippen molar-refractivity contribution in [2.75, 3.05) is 0 Å². The summed E-state index contributed by atoms with van der Waals surface area (Å²) in [4.78, 5) is 20.9. The van der Waals surface area contributed by atoms with Crippen molar-refractivity contribution in [2.45, 2.75) is 6.92 Å². The first kappa shape index (κ1) is 52.8. The molecule has 0 atom stereocenters. The van der Waals surface area contributed by atoms with Crippen molar-refractivity contribution in [3.63, 3.8) is 0 Å². The second-order valence-corrected chi connectivity index (χ2v) is 22.4. The molecular weight excluding hydrogens is 1090 g/mol. The summed E-state index contributed by atoms with van der Waals surface area (Å²) in [6.45, 7) is 2.09. The normalized spacial score (nSPS) is 11.5. The van der Waals surface area contributed by atoms with Gasteiger partial charge in [0, 0.05) is 77.3 Å². The highest BCUT2D eigenvalue weighted by atomic mass is 19.1. The van der Waals surface area contributed by atoms with Crippen molar-refractivity contribution < 1.29 is 8.78 Å². The van der Waals surface area contributed by atoms with E-state index in [0.29, 0.717) is 11.3 Å². The number of fused-ring (bicyclic) bond motifs is 6. The zero-order chi connectivity index (χ0) is 59.5. The molecule has 420 valence electrons. The summed E-state index contributed by atoms with van der Waals surface area (Å²) in [6.07, 6.45) is 0. The fraction of sp³-hybridized carbons (Fsp3) is 0.0123. The van der Waals surface area contributed by atoms with E-state index < -0.39 is 11.6 Å². The van der Waals surface area contributed by atoms with Crippen molar-refractivity contribution in [2.24, 2.45) is 0 Å². The number of aryl methyl sites for hydroxylation is 1. The lowest BCUT2D eigenvalue weighted by atomic mass is 9.98. The van der Waals surface area contributed by atoms with Crippen molar-refractivity contribution in [3.05, 3.63) is 314 Å². The van der Waals surface area contributed by atoms with Crippen LogP contribution >= 0.6 is 0 Å². The molecule has 6 aromatic heterocycles. The van der Waals surface area contributed by atoms with Crippen LogP contribution in [-0.2, 0) is 0 Å². The minimum atomic E-state index is -0.687. The molecule has 0 saturated heterocycles. The predicted molar refractivity (Wildman–Crippen MR) is 360 cm³/mol. The Morgan fingerprint density at radius 1 is 0.247 bits per heavy atom. The molecule has 6 nitrogen and oxygen atoms in total. The van der Waals surface area contributed by atoms with E-state index in [2.05, 4.69) is 143 Å². The number of rotatable bonds is 11. The molecule has 0 unspecified atom stereocenters. The van der Waals surface area contributed by atoms with Crippen LogP contribution in [0.3, 0.4) is 0 Å². The topological polar surface area (TPSA) is 61.4 Å². The number of nitrogens with zero attached hydrogens (tertiary/aromatic N) is 6. The highest BCUT2D eigenvalue weighted by Crippen LogP contribution is 2.45. The summed E-state index contributed by atoms with van der Waals surface area (Å²) in [6, 6.07) is 99.0. The van der Waals surface area contributed by atoms with E-state index >= 15 is 8.78 Å². The Balaban J connectivity index is 0.964. The highest BCUT2D eigenvalue weighted by Gasteiger charge is 2.26. The van der Waals surface area contributed by atoms with E-state index in [1.807, 2.05) is 152 Å². The quantitative estimate of drug-likeness (QED) is 0.129. The number of halogens is 2. The molecule has 0 spiro atoms. The third-order valence-electron chi connectivity index (χ3n) is 17.0. The van der Waals surface area contributed by atoms with Crippen molar-refractivity contribution >= 4 is 43.6 Å². The van der Waals surface area contributed by atoms with Crippen LogP contribution in [0.15, 0.2) is 297 Å². The molecule has 0 aliphatic rings. The van der Waals surface area contributed by atoms with E-state index in [-0.39, 0.29) is 5.56 Å². The Morgan fingerprint density at radius 3 is 0.820 bits per heavy atom. The Bertz CT molecular complexity index is 5110. The molecule has 0 aliphatic heterocycles. The summed E-state index contributed by atoms with van der Waals surface area (Å²) in [5.41, 5.74) is 20.1. The number of hydrogen-bond donors (Lipinski definition) is 0. The standard InChI is InChI=1S/C81H52F2N6/c1-51-45-76(89-79-48-58(73-35-17-31-69(86-73)54-23-10-4-11-24-54)39-43-62(79)63-44-40-59(49-80(63)89)74-36-18-32-70(87-74)55-25-12-5-13-26-55)64(81-65(82)27-14-28-66(81)83)50-75(51)88-77-46-56(71-33-15-29-67(84-71)52-19-6-2-7-20-52)37-41-60(77)61-42-38-57(47-78(61)88)72-34-16-30-68(85-72)53-21-8-3-9-22-53/h2-50H,1H3. The molecule has 0 N–H and O–H groups in total. The van der Waals surface area contributed by atoms with Gasteiger partial charge >= 0.3 is 0 Å². The van der Waals surface area contributed by atoms with Crippen LogP contribution in [-0.4, -0.2) is 29.1 Å². The van der Waals surface area contributed by atoms with Gasteiger partial charge in [-0.3, -0.25) is 0 Å². The number of aromatic nitrogens is 6. The lowest BCUT2D eigenvalue weighted by molar-refractivity contribution is 0.589. The minimum Gasteiger partial charge on any atom is -0.309 e. The number of hydrogen-bond acceptors (Lipinski definition) is 4. The van der Waals surface area contributed by atoms with E-state index in [1.54, 1.807) is 0 Å². The summed E-state index contributed by atoms with van der Waals surface area (Å²) >= 11 is 0. The fourth-order valence-electron chi connectivity index (χ4n) is 12.7. The lowest BCUT2D eigenvalue weighted by Gasteiger charge is -2.21. The van der Waals surface area contributed by atoms with Crippen LogP contribution < -0.4 is 0 Å². The third kappa shape index (κ3) is 9.51. The third-order valence-corrected chi connectivity index (χ3v) is 17.0. The Kier molecular flexibility index (Phi) is 13.0. The molecular formula is C81H52F2N6. The zero-order valence-corrected chi connectivity index (χ0v) is 48.2. The van der Waals surface area contributed by atoms with Gasteiger partial charge in [0.1, 0.15) is 11.6 Å². The van der Waals surface area contributed by atoms with Crippen LogP contribution in [0.25, 0.3) is 156 Å². The van der Waals surface area contributed by atoms with E-state index in [0.717, 1.165) is 145 Å². The Morgan fingerprint density at radius 2 is 0.517 bits per heavy atom.